The van der Waals surface area contributed by atoms with Crippen molar-refractivity contribution in [2.75, 3.05) is 6.61 Å². The molecule has 0 heterocycles. The summed E-state index contributed by atoms with van der Waals surface area (Å²) in [5.41, 5.74) is -2.39. The van der Waals surface area contributed by atoms with Crippen LogP contribution in [-0.2, 0) is 28.3 Å². The van der Waals surface area contributed by atoms with E-state index in [-0.39, 0.29) is 19.4 Å². The summed E-state index contributed by atoms with van der Waals surface area (Å²) in [6.45, 7) is 13.1. The quantitative estimate of drug-likeness (QED) is 0.309. The van der Waals surface area contributed by atoms with Gasteiger partial charge in [-0.2, -0.15) is 0 Å². The van der Waals surface area contributed by atoms with E-state index in [1.165, 1.54) is 0 Å². The molecule has 0 radical (unpaired) electrons. The third-order valence-corrected chi connectivity index (χ3v) is 4.54. The summed E-state index contributed by atoms with van der Waals surface area (Å²) in [6.07, 6.45) is 2.53. The van der Waals surface area contributed by atoms with Crippen LogP contribution < -0.4 is 0 Å². The van der Waals surface area contributed by atoms with Crippen molar-refractivity contribution < 1.29 is 28.3 Å². The highest BCUT2D eigenvalue weighted by Crippen LogP contribution is 2.43. The Kier molecular flexibility index (Phi) is 6.61. The molecule has 0 saturated heterocycles. The zero-order valence-corrected chi connectivity index (χ0v) is 17.3. The lowest BCUT2D eigenvalue weighted by Crippen LogP contribution is -2.49. The van der Waals surface area contributed by atoms with Gasteiger partial charge in [0.05, 0.1) is 18.3 Å². The van der Waals surface area contributed by atoms with Gasteiger partial charge in [0.2, 0.25) is 8.32 Å². The van der Waals surface area contributed by atoms with Crippen molar-refractivity contribution in [3.8, 4) is 0 Å². The fraction of sp³-hybridized carbons (Fsp3) is 0.722. The molecule has 1 rings (SSSR count). The maximum Gasteiger partial charge on any atom is 0.321 e. The Labute approximate surface area is 151 Å². The first-order chi connectivity index (χ1) is 11.3. The topological polar surface area (TPSA) is 78.9 Å². The van der Waals surface area contributed by atoms with Gasteiger partial charge < -0.3 is 18.7 Å². The van der Waals surface area contributed by atoms with Crippen LogP contribution in [0.3, 0.4) is 0 Å². The van der Waals surface area contributed by atoms with Crippen LogP contribution in [-0.4, -0.2) is 38.8 Å². The highest BCUT2D eigenvalue weighted by Gasteiger charge is 2.54. The largest absolute Gasteiger partial charge is 0.548 e. The van der Waals surface area contributed by atoms with E-state index in [2.05, 4.69) is 0 Å². The van der Waals surface area contributed by atoms with E-state index in [1.54, 1.807) is 33.8 Å². The molecule has 0 unspecified atom stereocenters. The fourth-order valence-electron chi connectivity index (χ4n) is 2.72. The Morgan fingerprint density at radius 1 is 1.32 bits per heavy atom. The molecule has 1 aliphatic rings. The second-order valence-electron chi connectivity index (χ2n) is 8.26. The number of carbonyl (C=O) groups excluding carboxylic acids is 3. The van der Waals surface area contributed by atoms with Gasteiger partial charge in [0.25, 0.3) is 0 Å². The SMILES string of the molecule is CCOC(=O)[C@H]1CC=C(O[Si](C)(C)C)C[C@@]1(C=O)C(=O)OC(C)(C)C. The molecule has 0 N–H and O–H groups in total. The van der Waals surface area contributed by atoms with E-state index in [0.29, 0.717) is 12.0 Å². The molecule has 0 spiro atoms. The molecule has 142 valence electrons. The summed E-state index contributed by atoms with van der Waals surface area (Å²) in [5.74, 6) is -1.62. The molecule has 0 bridgehead atoms. The fourth-order valence-corrected chi connectivity index (χ4v) is 3.67. The molecular formula is C18H30O6Si. The predicted octanol–water partition coefficient (Wildman–Crippen LogP) is 3.22. The molecule has 25 heavy (non-hydrogen) atoms. The van der Waals surface area contributed by atoms with E-state index in [9.17, 15) is 14.4 Å². The number of allylic oxidation sites excluding steroid dienone is 2. The third-order valence-electron chi connectivity index (χ3n) is 3.67. The minimum absolute atomic E-state index is 0.0131. The van der Waals surface area contributed by atoms with Crippen molar-refractivity contribution in [3.63, 3.8) is 0 Å². The molecule has 0 saturated carbocycles. The van der Waals surface area contributed by atoms with Crippen molar-refractivity contribution in [2.24, 2.45) is 11.3 Å². The number of ether oxygens (including phenoxy) is 2. The van der Waals surface area contributed by atoms with Gasteiger partial charge in [0.15, 0.2) is 0 Å². The van der Waals surface area contributed by atoms with Gasteiger partial charge in [-0.1, -0.05) is 0 Å². The monoisotopic (exact) mass is 370 g/mol. The van der Waals surface area contributed by atoms with Crippen molar-refractivity contribution >= 4 is 26.5 Å². The molecule has 6 nitrogen and oxygen atoms in total. The summed E-state index contributed by atoms with van der Waals surface area (Å²) in [4.78, 5) is 37.3. The molecule has 0 aromatic carbocycles. The van der Waals surface area contributed by atoms with Crippen LogP contribution in [0.2, 0.25) is 19.6 Å². The van der Waals surface area contributed by atoms with Crippen LogP contribution in [0.25, 0.3) is 0 Å². The Balaban J connectivity index is 3.27. The van der Waals surface area contributed by atoms with Crippen molar-refractivity contribution in [2.45, 2.75) is 65.8 Å². The average molecular weight is 371 g/mol. The molecule has 0 fully saturated rings. The normalized spacial score (nSPS) is 24.1. The van der Waals surface area contributed by atoms with Gasteiger partial charge >= 0.3 is 11.9 Å². The van der Waals surface area contributed by atoms with Crippen molar-refractivity contribution in [1.29, 1.82) is 0 Å². The zero-order valence-electron chi connectivity index (χ0n) is 16.3. The standard InChI is InChI=1S/C18H30O6Si/c1-8-22-15(20)14-10-9-13(24-25(5,6)7)11-18(14,12-19)16(21)23-17(2,3)4/h9,12,14H,8,10-11H2,1-7H3/t14-,18+/m1/s1. The smallest absolute Gasteiger partial charge is 0.321 e. The number of carbonyl (C=O) groups is 3. The van der Waals surface area contributed by atoms with E-state index in [0.717, 1.165) is 0 Å². The first-order valence-corrected chi connectivity index (χ1v) is 12.0. The molecule has 0 aliphatic heterocycles. The Morgan fingerprint density at radius 2 is 1.92 bits per heavy atom. The van der Waals surface area contributed by atoms with Gasteiger partial charge in [-0.25, -0.2) is 0 Å². The van der Waals surface area contributed by atoms with Crippen LogP contribution in [0.15, 0.2) is 11.8 Å². The first kappa shape index (κ1) is 21.4. The van der Waals surface area contributed by atoms with Gasteiger partial charge in [0, 0.05) is 6.42 Å². The van der Waals surface area contributed by atoms with Crippen LogP contribution in [0, 0.1) is 11.3 Å². The molecule has 1 aliphatic carbocycles. The third kappa shape index (κ3) is 5.69. The van der Waals surface area contributed by atoms with E-state index in [4.69, 9.17) is 13.9 Å². The zero-order chi connectivity index (χ0) is 19.5. The summed E-state index contributed by atoms with van der Waals surface area (Å²) in [7, 11) is -1.92. The lowest BCUT2D eigenvalue weighted by Gasteiger charge is -2.39. The summed E-state index contributed by atoms with van der Waals surface area (Å²) >= 11 is 0. The summed E-state index contributed by atoms with van der Waals surface area (Å²) in [5, 5.41) is 0. The molecule has 0 aromatic heterocycles. The highest BCUT2D eigenvalue weighted by atomic mass is 28.4. The van der Waals surface area contributed by atoms with Crippen LogP contribution in [0.5, 0.6) is 0 Å². The summed E-state index contributed by atoms with van der Waals surface area (Å²) < 4.78 is 16.5. The van der Waals surface area contributed by atoms with Crippen molar-refractivity contribution in [3.05, 3.63) is 11.8 Å². The minimum atomic E-state index is -1.92. The summed E-state index contributed by atoms with van der Waals surface area (Å²) in [6, 6.07) is 0. The molecule has 7 heteroatoms. The number of aldehydes is 1. The van der Waals surface area contributed by atoms with Crippen molar-refractivity contribution in [1.82, 2.24) is 0 Å². The number of hydrogen-bond donors (Lipinski definition) is 0. The number of esters is 2. The Bertz CT molecular complexity index is 555. The molecular weight excluding hydrogens is 340 g/mol. The van der Waals surface area contributed by atoms with Gasteiger partial charge in [-0.05, 0) is 59.8 Å². The Hall–Kier alpha value is -1.63. The highest BCUT2D eigenvalue weighted by molar-refractivity contribution is 6.70. The number of rotatable bonds is 6. The minimum Gasteiger partial charge on any atom is -0.548 e. The lowest BCUT2D eigenvalue weighted by atomic mass is 9.69. The Morgan fingerprint density at radius 3 is 2.36 bits per heavy atom. The first-order valence-electron chi connectivity index (χ1n) is 8.59. The van der Waals surface area contributed by atoms with E-state index < -0.39 is 37.2 Å². The predicted molar refractivity (Wildman–Crippen MR) is 96.2 cm³/mol. The maximum absolute atomic E-state index is 12.9. The number of hydrogen-bond acceptors (Lipinski definition) is 6. The van der Waals surface area contributed by atoms with Gasteiger partial charge in [-0.3, -0.25) is 9.59 Å². The second-order valence-corrected chi connectivity index (χ2v) is 12.7. The molecule has 2 atom stereocenters. The van der Waals surface area contributed by atoms with Gasteiger partial charge in [0.1, 0.15) is 17.3 Å². The maximum atomic E-state index is 12.9. The van der Waals surface area contributed by atoms with E-state index in [1.807, 2.05) is 19.6 Å². The van der Waals surface area contributed by atoms with Crippen LogP contribution in [0.1, 0.15) is 40.5 Å². The second kappa shape index (κ2) is 7.72. The van der Waals surface area contributed by atoms with E-state index >= 15 is 0 Å². The van der Waals surface area contributed by atoms with Gasteiger partial charge in [-0.15, -0.1) is 0 Å². The average Bonchev–Trinajstić information content (AvgIpc) is 2.43. The molecule has 0 aromatic rings. The lowest BCUT2D eigenvalue weighted by molar-refractivity contribution is -0.179. The van der Waals surface area contributed by atoms with Crippen LogP contribution >= 0.6 is 0 Å². The molecule has 0 amide bonds. The van der Waals surface area contributed by atoms with Crippen LogP contribution in [0.4, 0.5) is 0 Å².